The molecule has 1 aromatic rings. The van der Waals surface area contributed by atoms with Gasteiger partial charge in [-0.05, 0) is 22.0 Å². The molecule has 1 fully saturated rings. The summed E-state index contributed by atoms with van der Waals surface area (Å²) < 4.78 is 1.17. The second kappa shape index (κ2) is 5.25. The van der Waals surface area contributed by atoms with Crippen molar-refractivity contribution in [2.24, 2.45) is 0 Å². The third-order valence-corrected chi connectivity index (χ3v) is 4.41. The van der Waals surface area contributed by atoms with Gasteiger partial charge in [0.15, 0.2) is 0 Å². The van der Waals surface area contributed by atoms with Crippen LogP contribution in [0.1, 0.15) is 10.9 Å². The third kappa shape index (κ3) is 2.69. The van der Waals surface area contributed by atoms with E-state index in [0.29, 0.717) is 6.04 Å². The maximum absolute atomic E-state index is 3.95. The standard InChI is InChI=1S/C11H15BrN2S/c1-2-10(11-7-9(12)8-15-11)14-5-3-13-4-6-14/h2,7-8,10,13H,1,3-6H2/t10-/m1/s1. The van der Waals surface area contributed by atoms with Crippen LogP contribution in [0.25, 0.3) is 0 Å². The molecule has 2 nitrogen and oxygen atoms in total. The zero-order valence-corrected chi connectivity index (χ0v) is 11.0. The molecular weight excluding hydrogens is 272 g/mol. The smallest absolute Gasteiger partial charge is 0.0624 e. The average Bonchev–Trinajstić information content (AvgIpc) is 2.68. The van der Waals surface area contributed by atoms with E-state index in [2.05, 4.69) is 44.2 Å². The Bertz CT molecular complexity index is 331. The van der Waals surface area contributed by atoms with Gasteiger partial charge in [0.1, 0.15) is 0 Å². The van der Waals surface area contributed by atoms with E-state index >= 15 is 0 Å². The molecule has 2 heterocycles. The van der Waals surface area contributed by atoms with Crippen LogP contribution < -0.4 is 5.32 Å². The monoisotopic (exact) mass is 286 g/mol. The lowest BCUT2D eigenvalue weighted by molar-refractivity contribution is 0.206. The quantitative estimate of drug-likeness (QED) is 0.860. The number of piperazine rings is 1. The number of nitrogens with one attached hydrogen (secondary N) is 1. The van der Waals surface area contributed by atoms with Gasteiger partial charge in [0, 0.05) is 40.9 Å². The van der Waals surface area contributed by atoms with E-state index in [0.717, 1.165) is 26.2 Å². The molecule has 0 amide bonds. The topological polar surface area (TPSA) is 15.3 Å². The third-order valence-electron chi connectivity index (χ3n) is 2.65. The van der Waals surface area contributed by atoms with Crippen molar-refractivity contribution >= 4 is 27.3 Å². The first-order valence-electron chi connectivity index (χ1n) is 5.12. The molecule has 1 N–H and O–H groups in total. The average molecular weight is 287 g/mol. The summed E-state index contributed by atoms with van der Waals surface area (Å²) in [5, 5.41) is 5.50. The highest BCUT2D eigenvalue weighted by molar-refractivity contribution is 9.10. The van der Waals surface area contributed by atoms with Gasteiger partial charge in [0.05, 0.1) is 6.04 Å². The van der Waals surface area contributed by atoms with Crippen LogP contribution in [-0.4, -0.2) is 31.1 Å². The molecule has 1 atom stereocenters. The van der Waals surface area contributed by atoms with Crippen LogP contribution in [-0.2, 0) is 0 Å². The Labute approximate surface area is 103 Å². The summed E-state index contributed by atoms with van der Waals surface area (Å²) in [4.78, 5) is 3.85. The Morgan fingerprint density at radius 1 is 1.53 bits per heavy atom. The first-order valence-corrected chi connectivity index (χ1v) is 6.80. The molecule has 15 heavy (non-hydrogen) atoms. The van der Waals surface area contributed by atoms with E-state index in [1.165, 1.54) is 9.35 Å². The predicted octanol–water partition coefficient (Wildman–Crippen LogP) is 2.64. The van der Waals surface area contributed by atoms with Gasteiger partial charge in [-0.3, -0.25) is 4.90 Å². The van der Waals surface area contributed by atoms with Crippen molar-refractivity contribution in [3.8, 4) is 0 Å². The molecule has 0 saturated carbocycles. The second-order valence-corrected chi connectivity index (χ2v) is 5.49. The molecule has 1 aromatic heterocycles. The van der Waals surface area contributed by atoms with Gasteiger partial charge in [0.2, 0.25) is 0 Å². The minimum absolute atomic E-state index is 0.378. The molecular formula is C11H15BrN2S. The molecule has 1 aliphatic rings. The highest BCUT2D eigenvalue weighted by Crippen LogP contribution is 2.30. The highest BCUT2D eigenvalue weighted by atomic mass is 79.9. The normalized spacial score (nSPS) is 20.1. The first kappa shape index (κ1) is 11.3. The van der Waals surface area contributed by atoms with Gasteiger partial charge in [-0.1, -0.05) is 6.08 Å². The summed E-state index contributed by atoms with van der Waals surface area (Å²) in [7, 11) is 0. The van der Waals surface area contributed by atoms with Gasteiger partial charge >= 0.3 is 0 Å². The van der Waals surface area contributed by atoms with E-state index in [1.54, 1.807) is 11.3 Å². The maximum atomic E-state index is 3.95. The zero-order valence-electron chi connectivity index (χ0n) is 8.58. The predicted molar refractivity (Wildman–Crippen MR) is 69.4 cm³/mol. The summed E-state index contributed by atoms with van der Waals surface area (Å²) >= 11 is 5.29. The largest absolute Gasteiger partial charge is 0.314 e. The Morgan fingerprint density at radius 2 is 2.27 bits per heavy atom. The highest BCUT2D eigenvalue weighted by Gasteiger charge is 2.20. The molecule has 82 valence electrons. The fraction of sp³-hybridized carbons (Fsp3) is 0.455. The molecule has 0 aromatic carbocycles. The SMILES string of the molecule is C=C[C@H](c1cc(Br)cs1)N1CCNCC1. The van der Waals surface area contributed by atoms with Crippen molar-refractivity contribution in [2.45, 2.75) is 6.04 Å². The van der Waals surface area contributed by atoms with Crippen LogP contribution in [0.5, 0.6) is 0 Å². The van der Waals surface area contributed by atoms with Crippen molar-refractivity contribution < 1.29 is 0 Å². The molecule has 1 aliphatic heterocycles. The van der Waals surface area contributed by atoms with Gasteiger partial charge < -0.3 is 5.32 Å². The van der Waals surface area contributed by atoms with Crippen molar-refractivity contribution in [1.82, 2.24) is 10.2 Å². The molecule has 2 rings (SSSR count). The van der Waals surface area contributed by atoms with E-state index in [-0.39, 0.29) is 0 Å². The van der Waals surface area contributed by atoms with E-state index in [1.807, 2.05) is 6.08 Å². The molecule has 0 spiro atoms. The Kier molecular flexibility index (Phi) is 3.97. The Balaban J connectivity index is 2.12. The summed E-state index contributed by atoms with van der Waals surface area (Å²) in [6, 6.07) is 2.57. The Morgan fingerprint density at radius 3 is 2.80 bits per heavy atom. The van der Waals surface area contributed by atoms with Crippen LogP contribution in [0.3, 0.4) is 0 Å². The molecule has 0 unspecified atom stereocenters. The lowest BCUT2D eigenvalue weighted by Gasteiger charge is -2.32. The van der Waals surface area contributed by atoms with Gasteiger partial charge in [0.25, 0.3) is 0 Å². The summed E-state index contributed by atoms with van der Waals surface area (Å²) in [6.07, 6.45) is 2.05. The van der Waals surface area contributed by atoms with Crippen molar-refractivity contribution in [3.63, 3.8) is 0 Å². The first-order chi connectivity index (χ1) is 7.31. The number of thiophene rings is 1. The van der Waals surface area contributed by atoms with Crippen LogP contribution in [0, 0.1) is 0 Å². The number of hydrogen-bond donors (Lipinski definition) is 1. The van der Waals surface area contributed by atoms with E-state index in [9.17, 15) is 0 Å². The number of halogens is 1. The minimum Gasteiger partial charge on any atom is -0.314 e. The molecule has 0 radical (unpaired) electrons. The van der Waals surface area contributed by atoms with Crippen LogP contribution in [0.15, 0.2) is 28.6 Å². The fourth-order valence-corrected chi connectivity index (χ4v) is 3.46. The summed E-state index contributed by atoms with van der Waals surface area (Å²) in [6.45, 7) is 8.32. The number of rotatable bonds is 3. The van der Waals surface area contributed by atoms with Crippen LogP contribution >= 0.6 is 27.3 Å². The zero-order chi connectivity index (χ0) is 10.7. The molecule has 0 aliphatic carbocycles. The number of nitrogens with zero attached hydrogens (tertiary/aromatic N) is 1. The molecule has 0 bridgehead atoms. The van der Waals surface area contributed by atoms with E-state index in [4.69, 9.17) is 0 Å². The number of hydrogen-bond acceptors (Lipinski definition) is 3. The molecule has 1 saturated heterocycles. The van der Waals surface area contributed by atoms with Crippen molar-refractivity contribution in [1.29, 1.82) is 0 Å². The maximum Gasteiger partial charge on any atom is 0.0624 e. The van der Waals surface area contributed by atoms with Gasteiger partial charge in [-0.15, -0.1) is 17.9 Å². The Hall–Kier alpha value is -0.160. The van der Waals surface area contributed by atoms with Crippen LogP contribution in [0.2, 0.25) is 0 Å². The summed E-state index contributed by atoms with van der Waals surface area (Å²) in [5.74, 6) is 0. The van der Waals surface area contributed by atoms with Gasteiger partial charge in [-0.25, -0.2) is 0 Å². The second-order valence-electron chi connectivity index (χ2n) is 3.63. The fourth-order valence-electron chi connectivity index (χ4n) is 1.89. The van der Waals surface area contributed by atoms with Crippen LogP contribution in [0.4, 0.5) is 0 Å². The summed E-state index contributed by atoms with van der Waals surface area (Å²) in [5.41, 5.74) is 0. The molecule has 4 heteroatoms. The lowest BCUT2D eigenvalue weighted by Crippen LogP contribution is -2.44. The van der Waals surface area contributed by atoms with Crippen molar-refractivity contribution in [3.05, 3.63) is 33.5 Å². The van der Waals surface area contributed by atoms with Gasteiger partial charge in [-0.2, -0.15) is 0 Å². The van der Waals surface area contributed by atoms with E-state index < -0.39 is 0 Å². The van der Waals surface area contributed by atoms with Crippen molar-refractivity contribution in [2.75, 3.05) is 26.2 Å². The minimum atomic E-state index is 0.378. The lowest BCUT2D eigenvalue weighted by atomic mass is 10.2.